The fourth-order valence-electron chi connectivity index (χ4n) is 3.14. The van der Waals surface area contributed by atoms with Gasteiger partial charge in [0.05, 0.1) is 0 Å². The number of nitrogens with zero attached hydrogens (tertiary/aromatic N) is 1. The minimum Gasteiger partial charge on any atom is -0.444 e. The van der Waals surface area contributed by atoms with E-state index in [4.69, 9.17) is 10.5 Å². The minimum atomic E-state index is -0.475. The van der Waals surface area contributed by atoms with Gasteiger partial charge in [-0.3, -0.25) is 4.79 Å². The molecule has 114 valence electrons. The standard InChI is InChI=1S/C14H25N3O3/c1-13(2,3)20-12(19)17-6-4-14(5-7-17)8-11(18)16-10(14)9-15/h10H,4-9,15H2,1-3H3,(H,16,18). The number of ether oxygens (including phenoxy) is 1. The number of hydrogen-bond donors (Lipinski definition) is 2. The van der Waals surface area contributed by atoms with Gasteiger partial charge in [0.15, 0.2) is 0 Å². The first kappa shape index (κ1) is 15.1. The Morgan fingerprint density at radius 1 is 1.45 bits per heavy atom. The minimum absolute atomic E-state index is 0.0378. The van der Waals surface area contributed by atoms with Crippen LogP contribution >= 0.6 is 0 Å². The molecule has 0 radical (unpaired) electrons. The van der Waals surface area contributed by atoms with Gasteiger partial charge in [-0.15, -0.1) is 0 Å². The molecule has 0 bridgehead atoms. The van der Waals surface area contributed by atoms with Gasteiger partial charge in [0, 0.05) is 37.5 Å². The van der Waals surface area contributed by atoms with Crippen LogP contribution in [0.3, 0.4) is 0 Å². The molecule has 0 aliphatic carbocycles. The zero-order valence-electron chi connectivity index (χ0n) is 12.6. The second-order valence-electron chi connectivity index (χ2n) is 6.86. The first-order valence-corrected chi connectivity index (χ1v) is 7.23. The molecule has 6 heteroatoms. The van der Waals surface area contributed by atoms with Crippen molar-refractivity contribution in [2.75, 3.05) is 19.6 Å². The van der Waals surface area contributed by atoms with Gasteiger partial charge in [-0.2, -0.15) is 0 Å². The van der Waals surface area contributed by atoms with Crippen molar-refractivity contribution < 1.29 is 14.3 Å². The van der Waals surface area contributed by atoms with E-state index >= 15 is 0 Å². The zero-order chi connectivity index (χ0) is 15.0. The summed E-state index contributed by atoms with van der Waals surface area (Å²) in [5, 5.41) is 2.95. The maximum absolute atomic E-state index is 12.0. The highest BCUT2D eigenvalue weighted by atomic mass is 16.6. The number of hydrogen-bond acceptors (Lipinski definition) is 4. The van der Waals surface area contributed by atoms with Crippen molar-refractivity contribution in [2.45, 2.75) is 51.7 Å². The second-order valence-corrected chi connectivity index (χ2v) is 6.86. The van der Waals surface area contributed by atoms with Crippen molar-refractivity contribution in [1.29, 1.82) is 0 Å². The summed E-state index contributed by atoms with van der Waals surface area (Å²) in [7, 11) is 0. The third kappa shape index (κ3) is 3.06. The van der Waals surface area contributed by atoms with Crippen LogP contribution in [0.25, 0.3) is 0 Å². The summed E-state index contributed by atoms with van der Waals surface area (Å²) in [6, 6.07) is 0.0378. The summed E-state index contributed by atoms with van der Waals surface area (Å²) in [6.45, 7) is 7.29. The SMILES string of the molecule is CC(C)(C)OC(=O)N1CCC2(CC1)CC(=O)NC2CN. The number of rotatable bonds is 1. The first-order valence-electron chi connectivity index (χ1n) is 7.23. The number of amides is 2. The molecular weight excluding hydrogens is 258 g/mol. The van der Waals surface area contributed by atoms with E-state index < -0.39 is 5.60 Å². The first-order chi connectivity index (χ1) is 9.26. The summed E-state index contributed by atoms with van der Waals surface area (Å²) < 4.78 is 5.38. The highest BCUT2D eigenvalue weighted by molar-refractivity contribution is 5.80. The second kappa shape index (κ2) is 5.24. The molecule has 2 rings (SSSR count). The molecule has 2 amide bonds. The van der Waals surface area contributed by atoms with Crippen LogP contribution in [0.1, 0.15) is 40.0 Å². The molecule has 2 fully saturated rings. The molecule has 2 saturated heterocycles. The highest BCUT2D eigenvalue weighted by Gasteiger charge is 2.48. The van der Waals surface area contributed by atoms with Gasteiger partial charge in [0.25, 0.3) is 0 Å². The molecule has 6 nitrogen and oxygen atoms in total. The van der Waals surface area contributed by atoms with Crippen LogP contribution in [0.2, 0.25) is 0 Å². The average molecular weight is 283 g/mol. The number of nitrogens with two attached hydrogens (primary N) is 1. The molecule has 0 saturated carbocycles. The van der Waals surface area contributed by atoms with Gasteiger partial charge in [0.1, 0.15) is 5.60 Å². The van der Waals surface area contributed by atoms with Crippen LogP contribution in [0.4, 0.5) is 4.79 Å². The van der Waals surface area contributed by atoms with E-state index in [1.54, 1.807) is 4.90 Å². The molecule has 0 aromatic carbocycles. The molecule has 1 spiro atoms. The number of carbonyl (C=O) groups excluding carboxylic acids is 2. The van der Waals surface area contributed by atoms with Crippen LogP contribution in [-0.4, -0.2) is 48.2 Å². The highest BCUT2D eigenvalue weighted by Crippen LogP contribution is 2.41. The van der Waals surface area contributed by atoms with E-state index in [0.717, 1.165) is 12.8 Å². The van der Waals surface area contributed by atoms with Crippen molar-refractivity contribution in [3.63, 3.8) is 0 Å². The third-order valence-electron chi connectivity index (χ3n) is 4.23. The Morgan fingerprint density at radius 3 is 2.55 bits per heavy atom. The Kier molecular flexibility index (Phi) is 3.95. The largest absolute Gasteiger partial charge is 0.444 e. The number of carbonyl (C=O) groups is 2. The van der Waals surface area contributed by atoms with Crippen LogP contribution in [0, 0.1) is 5.41 Å². The molecule has 3 N–H and O–H groups in total. The maximum Gasteiger partial charge on any atom is 0.410 e. The average Bonchev–Trinajstić information content (AvgIpc) is 2.64. The van der Waals surface area contributed by atoms with E-state index in [9.17, 15) is 9.59 Å². The summed E-state index contributed by atoms with van der Waals surface area (Å²) in [5.41, 5.74) is 5.20. The Labute approximate surface area is 120 Å². The summed E-state index contributed by atoms with van der Waals surface area (Å²) in [5.74, 6) is 0.0752. The lowest BCUT2D eigenvalue weighted by molar-refractivity contribution is -0.119. The van der Waals surface area contributed by atoms with Gasteiger partial charge < -0.3 is 20.7 Å². The monoisotopic (exact) mass is 283 g/mol. The Morgan fingerprint density at radius 2 is 2.05 bits per heavy atom. The van der Waals surface area contributed by atoms with Gasteiger partial charge >= 0.3 is 6.09 Å². The van der Waals surface area contributed by atoms with E-state index in [2.05, 4.69) is 5.32 Å². The van der Waals surface area contributed by atoms with Crippen molar-refractivity contribution in [3.05, 3.63) is 0 Å². The molecule has 2 aliphatic rings. The van der Waals surface area contributed by atoms with Crippen LogP contribution < -0.4 is 11.1 Å². The molecule has 20 heavy (non-hydrogen) atoms. The van der Waals surface area contributed by atoms with Crippen LogP contribution in [-0.2, 0) is 9.53 Å². The molecule has 1 unspecified atom stereocenters. The Bertz CT molecular complexity index is 395. The van der Waals surface area contributed by atoms with Gasteiger partial charge in [-0.25, -0.2) is 4.79 Å². The molecule has 2 aliphatic heterocycles. The summed E-state index contributed by atoms with van der Waals surface area (Å²) in [4.78, 5) is 25.4. The lowest BCUT2D eigenvalue weighted by Crippen LogP contribution is -2.51. The summed E-state index contributed by atoms with van der Waals surface area (Å²) in [6.07, 6.45) is 1.85. The number of piperidine rings is 1. The lowest BCUT2D eigenvalue weighted by Gasteiger charge is -2.41. The quantitative estimate of drug-likeness (QED) is 0.747. The third-order valence-corrected chi connectivity index (χ3v) is 4.23. The molecule has 0 aromatic heterocycles. The van der Waals surface area contributed by atoms with E-state index in [1.807, 2.05) is 20.8 Å². The lowest BCUT2D eigenvalue weighted by atomic mass is 9.72. The number of likely N-dealkylation sites (tertiary alicyclic amines) is 1. The van der Waals surface area contributed by atoms with Crippen molar-refractivity contribution in [3.8, 4) is 0 Å². The van der Waals surface area contributed by atoms with Crippen LogP contribution in [0.15, 0.2) is 0 Å². The Hall–Kier alpha value is -1.30. The Balaban J connectivity index is 1.95. The zero-order valence-corrected chi connectivity index (χ0v) is 12.6. The van der Waals surface area contributed by atoms with Gasteiger partial charge in [0.2, 0.25) is 5.91 Å². The normalized spacial score (nSPS) is 25.7. The number of nitrogens with one attached hydrogen (secondary N) is 1. The van der Waals surface area contributed by atoms with E-state index in [0.29, 0.717) is 26.1 Å². The molecular formula is C14H25N3O3. The van der Waals surface area contributed by atoms with E-state index in [-0.39, 0.29) is 23.5 Å². The fraction of sp³-hybridized carbons (Fsp3) is 0.857. The molecule has 1 atom stereocenters. The maximum atomic E-state index is 12.0. The van der Waals surface area contributed by atoms with Crippen LogP contribution in [0.5, 0.6) is 0 Å². The molecule has 2 heterocycles. The van der Waals surface area contributed by atoms with Gasteiger partial charge in [-0.05, 0) is 33.6 Å². The predicted octanol–water partition coefficient (Wildman–Crippen LogP) is 0.851. The van der Waals surface area contributed by atoms with Crippen molar-refractivity contribution in [1.82, 2.24) is 10.2 Å². The van der Waals surface area contributed by atoms with Crippen molar-refractivity contribution >= 4 is 12.0 Å². The van der Waals surface area contributed by atoms with Crippen molar-refractivity contribution in [2.24, 2.45) is 11.1 Å². The fourth-order valence-corrected chi connectivity index (χ4v) is 3.14. The predicted molar refractivity (Wildman–Crippen MR) is 75.1 cm³/mol. The van der Waals surface area contributed by atoms with Gasteiger partial charge in [-0.1, -0.05) is 0 Å². The van der Waals surface area contributed by atoms with E-state index in [1.165, 1.54) is 0 Å². The topological polar surface area (TPSA) is 84.7 Å². The molecule has 0 aromatic rings. The smallest absolute Gasteiger partial charge is 0.410 e. The summed E-state index contributed by atoms with van der Waals surface area (Å²) >= 11 is 0.